The van der Waals surface area contributed by atoms with Crippen LogP contribution in [-0.4, -0.2) is 37.1 Å². The van der Waals surface area contributed by atoms with Gasteiger partial charge in [-0.05, 0) is 52.7 Å². The fraction of sp³-hybridized carbons (Fsp3) is 0.846. The maximum Gasteiger partial charge on any atom is 0.00940 e. The van der Waals surface area contributed by atoms with Gasteiger partial charge in [0, 0.05) is 18.5 Å². The normalized spacial score (nSPS) is 27.5. The molecule has 0 saturated carbocycles. The Morgan fingerprint density at radius 2 is 2.27 bits per heavy atom. The van der Waals surface area contributed by atoms with Crippen molar-refractivity contribution >= 4 is 0 Å². The molecule has 0 aliphatic carbocycles. The first-order valence-corrected chi connectivity index (χ1v) is 6.11. The summed E-state index contributed by atoms with van der Waals surface area (Å²) in [6.45, 7) is 4.66. The molecule has 0 aromatic heterocycles. The van der Waals surface area contributed by atoms with E-state index in [0.29, 0.717) is 0 Å². The minimum absolute atomic E-state index is 0.724. The van der Waals surface area contributed by atoms with E-state index in [1.54, 1.807) is 0 Å². The third kappa shape index (κ3) is 4.68. The molecule has 1 N–H and O–H groups in total. The Morgan fingerprint density at radius 3 is 2.93 bits per heavy atom. The molecule has 2 heteroatoms. The standard InChI is InChI=1S/C13H24N2/c1-4-5-6-7-9-14-13-8-10-15(3)12(2)11-13/h1,12-14H,5-11H2,2-3H3. The first-order valence-electron chi connectivity index (χ1n) is 6.11. The van der Waals surface area contributed by atoms with Crippen LogP contribution in [0.4, 0.5) is 0 Å². The lowest BCUT2D eigenvalue weighted by Crippen LogP contribution is -2.45. The first-order chi connectivity index (χ1) is 7.24. The molecule has 1 fully saturated rings. The maximum absolute atomic E-state index is 5.21. The second-order valence-electron chi connectivity index (χ2n) is 4.67. The molecule has 1 aliphatic rings. The molecule has 0 spiro atoms. The number of unbranched alkanes of at least 4 members (excludes halogenated alkanes) is 2. The van der Waals surface area contributed by atoms with E-state index >= 15 is 0 Å². The average Bonchev–Trinajstić information content (AvgIpc) is 2.23. The summed E-state index contributed by atoms with van der Waals surface area (Å²) in [5.74, 6) is 2.68. The zero-order chi connectivity index (χ0) is 11.1. The lowest BCUT2D eigenvalue weighted by molar-refractivity contribution is 0.168. The predicted molar refractivity (Wildman–Crippen MR) is 65.8 cm³/mol. The van der Waals surface area contributed by atoms with Crippen molar-refractivity contribution in [2.45, 2.75) is 51.1 Å². The second-order valence-corrected chi connectivity index (χ2v) is 4.67. The molecular weight excluding hydrogens is 184 g/mol. The first kappa shape index (κ1) is 12.5. The average molecular weight is 208 g/mol. The van der Waals surface area contributed by atoms with E-state index in [4.69, 9.17) is 6.42 Å². The molecule has 0 radical (unpaired) electrons. The van der Waals surface area contributed by atoms with E-state index in [0.717, 1.165) is 31.5 Å². The number of rotatable bonds is 5. The van der Waals surface area contributed by atoms with Crippen molar-refractivity contribution in [1.29, 1.82) is 0 Å². The van der Waals surface area contributed by atoms with Crippen molar-refractivity contribution in [3.05, 3.63) is 0 Å². The van der Waals surface area contributed by atoms with E-state index in [1.807, 2.05) is 0 Å². The summed E-state index contributed by atoms with van der Waals surface area (Å²) in [5.41, 5.74) is 0. The summed E-state index contributed by atoms with van der Waals surface area (Å²) in [6.07, 6.45) is 11.1. The maximum atomic E-state index is 5.21. The molecular formula is C13H24N2. The number of nitrogens with one attached hydrogen (secondary N) is 1. The Hall–Kier alpha value is -0.520. The molecule has 86 valence electrons. The molecule has 2 atom stereocenters. The zero-order valence-corrected chi connectivity index (χ0v) is 10.1. The molecule has 0 aromatic carbocycles. The van der Waals surface area contributed by atoms with Crippen LogP contribution >= 0.6 is 0 Å². The topological polar surface area (TPSA) is 15.3 Å². The van der Waals surface area contributed by atoms with Crippen molar-refractivity contribution < 1.29 is 0 Å². The highest BCUT2D eigenvalue weighted by Gasteiger charge is 2.21. The van der Waals surface area contributed by atoms with Crippen molar-refractivity contribution in [1.82, 2.24) is 10.2 Å². The van der Waals surface area contributed by atoms with Crippen molar-refractivity contribution in [3.8, 4) is 12.3 Å². The molecule has 15 heavy (non-hydrogen) atoms. The summed E-state index contributed by atoms with van der Waals surface area (Å²) in [7, 11) is 2.22. The van der Waals surface area contributed by atoms with Crippen molar-refractivity contribution in [3.63, 3.8) is 0 Å². The Labute approximate surface area is 94.4 Å². The largest absolute Gasteiger partial charge is 0.314 e. The highest BCUT2D eigenvalue weighted by Crippen LogP contribution is 2.15. The van der Waals surface area contributed by atoms with E-state index in [-0.39, 0.29) is 0 Å². The Balaban J connectivity index is 2.05. The van der Waals surface area contributed by atoms with E-state index in [9.17, 15) is 0 Å². The molecule has 1 heterocycles. The van der Waals surface area contributed by atoms with Crippen LogP contribution in [0.25, 0.3) is 0 Å². The molecule has 1 saturated heterocycles. The number of nitrogens with zero attached hydrogens (tertiary/aromatic N) is 1. The Bertz CT molecular complexity index is 207. The van der Waals surface area contributed by atoms with Crippen molar-refractivity contribution in [2.75, 3.05) is 20.1 Å². The van der Waals surface area contributed by atoms with E-state index in [1.165, 1.54) is 25.8 Å². The van der Waals surface area contributed by atoms with Gasteiger partial charge in [0.1, 0.15) is 0 Å². The molecule has 0 amide bonds. The third-order valence-corrected chi connectivity index (χ3v) is 3.39. The monoisotopic (exact) mass is 208 g/mol. The van der Waals surface area contributed by atoms with Crippen LogP contribution in [0.5, 0.6) is 0 Å². The van der Waals surface area contributed by atoms with E-state index in [2.05, 4.69) is 30.1 Å². The lowest BCUT2D eigenvalue weighted by atomic mass is 9.99. The van der Waals surface area contributed by atoms with E-state index < -0.39 is 0 Å². The van der Waals surface area contributed by atoms with Gasteiger partial charge in [0.2, 0.25) is 0 Å². The Kier molecular flexibility index (Phi) is 5.75. The molecule has 0 bridgehead atoms. The molecule has 2 unspecified atom stereocenters. The van der Waals surface area contributed by atoms with Gasteiger partial charge < -0.3 is 10.2 Å². The number of hydrogen-bond donors (Lipinski definition) is 1. The van der Waals surface area contributed by atoms with Crippen LogP contribution in [0, 0.1) is 12.3 Å². The summed E-state index contributed by atoms with van der Waals surface area (Å²) in [4.78, 5) is 2.44. The summed E-state index contributed by atoms with van der Waals surface area (Å²) in [6, 6.07) is 1.45. The highest BCUT2D eigenvalue weighted by molar-refractivity contribution is 4.84. The van der Waals surface area contributed by atoms with Gasteiger partial charge in [-0.15, -0.1) is 12.3 Å². The fourth-order valence-electron chi connectivity index (χ4n) is 2.13. The predicted octanol–water partition coefficient (Wildman–Crippen LogP) is 1.86. The number of piperidine rings is 1. The van der Waals surface area contributed by atoms with Crippen LogP contribution < -0.4 is 5.32 Å². The molecule has 1 aliphatic heterocycles. The van der Waals surface area contributed by atoms with Gasteiger partial charge in [0.05, 0.1) is 0 Å². The second kappa shape index (κ2) is 6.87. The number of terminal acetylenes is 1. The minimum atomic E-state index is 0.724. The quantitative estimate of drug-likeness (QED) is 0.548. The van der Waals surface area contributed by atoms with Gasteiger partial charge in [0.15, 0.2) is 0 Å². The fourth-order valence-corrected chi connectivity index (χ4v) is 2.13. The van der Waals surface area contributed by atoms with Crippen LogP contribution in [-0.2, 0) is 0 Å². The lowest BCUT2D eigenvalue weighted by Gasteiger charge is -2.35. The molecule has 2 nitrogen and oxygen atoms in total. The summed E-state index contributed by atoms with van der Waals surface area (Å²) in [5, 5.41) is 3.64. The van der Waals surface area contributed by atoms with Crippen LogP contribution in [0.1, 0.15) is 39.0 Å². The van der Waals surface area contributed by atoms with Crippen LogP contribution in [0.15, 0.2) is 0 Å². The van der Waals surface area contributed by atoms with Gasteiger partial charge in [-0.1, -0.05) is 0 Å². The summed E-state index contributed by atoms with van der Waals surface area (Å²) < 4.78 is 0. The summed E-state index contributed by atoms with van der Waals surface area (Å²) >= 11 is 0. The highest BCUT2D eigenvalue weighted by atomic mass is 15.1. The van der Waals surface area contributed by atoms with Gasteiger partial charge in [-0.2, -0.15) is 0 Å². The van der Waals surface area contributed by atoms with Gasteiger partial charge in [-0.25, -0.2) is 0 Å². The SMILES string of the molecule is C#CCCCCNC1CCN(C)C(C)C1. The molecule has 0 aromatic rings. The van der Waals surface area contributed by atoms with Crippen LogP contribution in [0.2, 0.25) is 0 Å². The van der Waals surface area contributed by atoms with Crippen molar-refractivity contribution in [2.24, 2.45) is 0 Å². The number of likely N-dealkylation sites (tertiary alicyclic amines) is 1. The minimum Gasteiger partial charge on any atom is -0.314 e. The zero-order valence-electron chi connectivity index (χ0n) is 10.1. The Morgan fingerprint density at radius 1 is 1.47 bits per heavy atom. The number of hydrogen-bond acceptors (Lipinski definition) is 2. The van der Waals surface area contributed by atoms with Gasteiger partial charge in [-0.3, -0.25) is 0 Å². The van der Waals surface area contributed by atoms with Gasteiger partial charge in [0.25, 0.3) is 0 Å². The van der Waals surface area contributed by atoms with Crippen LogP contribution in [0.3, 0.4) is 0 Å². The smallest absolute Gasteiger partial charge is 0.00940 e. The third-order valence-electron chi connectivity index (χ3n) is 3.39. The van der Waals surface area contributed by atoms with Gasteiger partial charge >= 0.3 is 0 Å². The molecule has 1 rings (SSSR count).